The molecule has 2 heteroatoms. The van der Waals surface area contributed by atoms with E-state index in [1.807, 2.05) is 13.0 Å². The van der Waals surface area contributed by atoms with E-state index in [4.69, 9.17) is 18.0 Å². The van der Waals surface area contributed by atoms with Crippen molar-refractivity contribution in [1.29, 1.82) is 0 Å². The lowest BCUT2D eigenvalue weighted by Gasteiger charge is -2.18. The Morgan fingerprint density at radius 2 is 2.24 bits per heavy atom. The maximum atomic E-state index is 6.04. The molecule has 1 rings (SSSR count). The smallest absolute Gasteiger partial charge is 0.0435 e. The highest BCUT2D eigenvalue weighted by molar-refractivity contribution is 6.31. The molecule has 0 aliphatic heterocycles. The number of hydrogen-bond donors (Lipinski definition) is 1. The fraction of sp³-hybridized carbons (Fsp3) is 0.467. The van der Waals surface area contributed by atoms with Crippen LogP contribution >= 0.6 is 11.6 Å². The molecule has 1 N–H and O–H groups in total. The Hall–Kier alpha value is -0.970. The third-order valence-corrected chi connectivity index (χ3v) is 3.23. The van der Waals surface area contributed by atoms with Gasteiger partial charge < -0.3 is 5.32 Å². The molecule has 0 saturated heterocycles. The number of halogens is 1. The number of rotatable bonds is 6. The van der Waals surface area contributed by atoms with Gasteiger partial charge >= 0.3 is 0 Å². The molecule has 0 spiro atoms. The lowest BCUT2D eigenvalue weighted by atomic mass is 10.00. The van der Waals surface area contributed by atoms with E-state index in [2.05, 4.69) is 30.3 Å². The molecule has 0 amide bonds. The maximum absolute atomic E-state index is 6.04. The summed E-state index contributed by atoms with van der Waals surface area (Å²) in [6, 6.07) is 6.52. The van der Waals surface area contributed by atoms with E-state index in [1.165, 1.54) is 5.56 Å². The molecule has 0 aromatic heterocycles. The van der Waals surface area contributed by atoms with Crippen molar-refractivity contribution in [3.8, 4) is 12.3 Å². The molecule has 0 fully saturated rings. The SMILES string of the molecule is C#CCCC(NCCC)c1ccc(Cl)c(C)c1. The normalized spacial score (nSPS) is 12.1. The molecule has 1 nitrogen and oxygen atoms in total. The molecule has 0 radical (unpaired) electrons. The van der Waals surface area contributed by atoms with Crippen molar-refractivity contribution in [2.24, 2.45) is 0 Å². The van der Waals surface area contributed by atoms with Crippen LogP contribution in [0.2, 0.25) is 5.02 Å². The summed E-state index contributed by atoms with van der Waals surface area (Å²) in [5.74, 6) is 2.70. The minimum absolute atomic E-state index is 0.335. The van der Waals surface area contributed by atoms with Gasteiger partial charge in [-0.05, 0) is 43.5 Å². The van der Waals surface area contributed by atoms with Crippen LogP contribution in [0.25, 0.3) is 0 Å². The van der Waals surface area contributed by atoms with Crippen LogP contribution in [0.3, 0.4) is 0 Å². The number of nitrogens with one attached hydrogen (secondary N) is 1. The molecule has 0 bridgehead atoms. The fourth-order valence-corrected chi connectivity index (χ4v) is 1.94. The van der Waals surface area contributed by atoms with Gasteiger partial charge in [0, 0.05) is 17.5 Å². The van der Waals surface area contributed by atoms with E-state index in [9.17, 15) is 0 Å². The monoisotopic (exact) mass is 249 g/mol. The van der Waals surface area contributed by atoms with Gasteiger partial charge in [0.25, 0.3) is 0 Å². The molecule has 0 saturated carbocycles. The molecular weight excluding hydrogens is 230 g/mol. The molecule has 0 aliphatic carbocycles. The first-order valence-electron chi connectivity index (χ1n) is 6.12. The van der Waals surface area contributed by atoms with Crippen LogP contribution in [0.4, 0.5) is 0 Å². The van der Waals surface area contributed by atoms with E-state index >= 15 is 0 Å². The van der Waals surface area contributed by atoms with E-state index in [0.717, 1.165) is 36.4 Å². The standard InChI is InChI=1S/C15H20ClN/c1-4-6-7-15(17-10-5-2)13-8-9-14(16)12(3)11-13/h1,8-9,11,15,17H,5-7,10H2,2-3H3. The average molecular weight is 250 g/mol. The van der Waals surface area contributed by atoms with Crippen LogP contribution in [-0.4, -0.2) is 6.54 Å². The first kappa shape index (κ1) is 14.1. The third-order valence-electron chi connectivity index (χ3n) is 2.80. The van der Waals surface area contributed by atoms with E-state index < -0.39 is 0 Å². The van der Waals surface area contributed by atoms with Crippen molar-refractivity contribution < 1.29 is 0 Å². The second-order valence-electron chi connectivity index (χ2n) is 4.26. The lowest BCUT2D eigenvalue weighted by Crippen LogP contribution is -2.22. The molecule has 1 aromatic carbocycles. The number of benzene rings is 1. The summed E-state index contributed by atoms with van der Waals surface area (Å²) in [4.78, 5) is 0. The summed E-state index contributed by atoms with van der Waals surface area (Å²) < 4.78 is 0. The van der Waals surface area contributed by atoms with E-state index in [-0.39, 0.29) is 0 Å². The third kappa shape index (κ3) is 4.42. The Morgan fingerprint density at radius 3 is 2.82 bits per heavy atom. The number of hydrogen-bond acceptors (Lipinski definition) is 1. The summed E-state index contributed by atoms with van der Waals surface area (Å²) in [5.41, 5.74) is 2.39. The van der Waals surface area contributed by atoms with Crippen molar-refractivity contribution in [3.63, 3.8) is 0 Å². The Morgan fingerprint density at radius 1 is 1.47 bits per heavy atom. The van der Waals surface area contributed by atoms with Gasteiger partial charge in [-0.2, -0.15) is 0 Å². The molecule has 1 unspecified atom stereocenters. The molecule has 1 aromatic rings. The molecule has 1 atom stereocenters. The topological polar surface area (TPSA) is 12.0 Å². The zero-order valence-electron chi connectivity index (χ0n) is 10.6. The predicted molar refractivity (Wildman–Crippen MR) is 75.3 cm³/mol. The fourth-order valence-electron chi connectivity index (χ4n) is 1.82. The number of terminal acetylenes is 1. The molecular formula is C15H20ClN. The van der Waals surface area contributed by atoms with Crippen LogP contribution in [-0.2, 0) is 0 Å². The molecule has 0 heterocycles. The zero-order chi connectivity index (χ0) is 12.7. The van der Waals surface area contributed by atoms with Gasteiger partial charge in [-0.1, -0.05) is 30.7 Å². The van der Waals surface area contributed by atoms with Crippen molar-refractivity contribution in [3.05, 3.63) is 34.3 Å². The number of aryl methyl sites for hydroxylation is 1. The highest BCUT2D eigenvalue weighted by atomic mass is 35.5. The molecule has 0 aliphatic rings. The first-order valence-corrected chi connectivity index (χ1v) is 6.49. The van der Waals surface area contributed by atoms with Gasteiger partial charge in [-0.15, -0.1) is 12.3 Å². The van der Waals surface area contributed by atoms with Crippen LogP contribution in [0, 0.1) is 19.3 Å². The Balaban J connectivity index is 2.80. The summed E-state index contributed by atoms with van der Waals surface area (Å²) in [7, 11) is 0. The average Bonchev–Trinajstić information content (AvgIpc) is 2.33. The van der Waals surface area contributed by atoms with Gasteiger partial charge in [0.15, 0.2) is 0 Å². The van der Waals surface area contributed by atoms with Gasteiger partial charge in [0.2, 0.25) is 0 Å². The highest BCUT2D eigenvalue weighted by Gasteiger charge is 2.10. The summed E-state index contributed by atoms with van der Waals surface area (Å²) >= 11 is 6.04. The van der Waals surface area contributed by atoms with E-state index in [0.29, 0.717) is 6.04 Å². The quantitative estimate of drug-likeness (QED) is 0.749. The Bertz CT molecular complexity index is 392. The predicted octanol–water partition coefficient (Wildman–Crippen LogP) is 4.10. The van der Waals surface area contributed by atoms with Crippen molar-refractivity contribution in [2.75, 3.05) is 6.54 Å². The largest absolute Gasteiger partial charge is 0.310 e. The van der Waals surface area contributed by atoms with Gasteiger partial charge in [-0.3, -0.25) is 0 Å². The molecule has 17 heavy (non-hydrogen) atoms. The molecule has 92 valence electrons. The summed E-state index contributed by atoms with van der Waals surface area (Å²) in [6.45, 7) is 5.21. The second kappa shape index (κ2) is 7.37. The Labute approximate surface area is 110 Å². The Kier molecular flexibility index (Phi) is 6.11. The van der Waals surface area contributed by atoms with Crippen LogP contribution in [0.5, 0.6) is 0 Å². The first-order chi connectivity index (χ1) is 8.19. The van der Waals surface area contributed by atoms with Gasteiger partial charge in [0.05, 0.1) is 0 Å². The van der Waals surface area contributed by atoms with E-state index in [1.54, 1.807) is 0 Å². The highest BCUT2D eigenvalue weighted by Crippen LogP contribution is 2.23. The minimum Gasteiger partial charge on any atom is -0.310 e. The van der Waals surface area contributed by atoms with Crippen molar-refractivity contribution in [2.45, 2.75) is 39.2 Å². The van der Waals surface area contributed by atoms with Crippen LogP contribution < -0.4 is 5.32 Å². The van der Waals surface area contributed by atoms with Crippen LogP contribution in [0.15, 0.2) is 18.2 Å². The zero-order valence-corrected chi connectivity index (χ0v) is 11.3. The van der Waals surface area contributed by atoms with Crippen molar-refractivity contribution in [1.82, 2.24) is 5.32 Å². The van der Waals surface area contributed by atoms with Gasteiger partial charge in [-0.25, -0.2) is 0 Å². The van der Waals surface area contributed by atoms with Crippen molar-refractivity contribution >= 4 is 11.6 Å². The van der Waals surface area contributed by atoms with Crippen LogP contribution in [0.1, 0.15) is 43.4 Å². The van der Waals surface area contributed by atoms with Gasteiger partial charge in [0.1, 0.15) is 0 Å². The lowest BCUT2D eigenvalue weighted by molar-refractivity contribution is 0.505. The minimum atomic E-state index is 0.335. The summed E-state index contributed by atoms with van der Waals surface area (Å²) in [5, 5.41) is 4.35. The second-order valence-corrected chi connectivity index (χ2v) is 4.67. The maximum Gasteiger partial charge on any atom is 0.0435 e. The summed E-state index contributed by atoms with van der Waals surface area (Å²) in [6.07, 6.45) is 8.23.